The summed E-state index contributed by atoms with van der Waals surface area (Å²) in [7, 11) is 0. The molecule has 2 rings (SSSR count). The average Bonchev–Trinajstić information content (AvgIpc) is 2.37. The molecule has 0 heterocycles. The first-order valence-electron chi connectivity index (χ1n) is 5.47. The van der Waals surface area contributed by atoms with E-state index in [-0.39, 0.29) is 11.5 Å². The van der Waals surface area contributed by atoms with Crippen LogP contribution in [0, 0.1) is 6.57 Å². The van der Waals surface area contributed by atoms with Gasteiger partial charge in [-0.1, -0.05) is 18.2 Å². The highest BCUT2D eigenvalue weighted by atomic mass is 19.4. The summed E-state index contributed by atoms with van der Waals surface area (Å²) in [5, 5.41) is 0. The van der Waals surface area contributed by atoms with Gasteiger partial charge in [-0.3, -0.25) is 0 Å². The van der Waals surface area contributed by atoms with E-state index in [1.165, 1.54) is 24.3 Å². The van der Waals surface area contributed by atoms with Crippen molar-refractivity contribution < 1.29 is 22.6 Å². The predicted molar refractivity (Wildman–Crippen MR) is 65.9 cm³/mol. The lowest BCUT2D eigenvalue weighted by Crippen LogP contribution is -2.16. The third kappa shape index (κ3) is 3.92. The van der Waals surface area contributed by atoms with Crippen LogP contribution in [0.3, 0.4) is 0 Å². The Kier molecular flexibility index (Phi) is 3.80. The Morgan fingerprint density at radius 2 is 1.50 bits per heavy atom. The number of benzene rings is 2. The van der Waals surface area contributed by atoms with E-state index in [0.29, 0.717) is 11.4 Å². The number of ether oxygens (including phenoxy) is 2. The van der Waals surface area contributed by atoms with Gasteiger partial charge in [-0.05, 0) is 24.3 Å². The highest BCUT2D eigenvalue weighted by Crippen LogP contribution is 2.30. The number of hydrogen-bond acceptors (Lipinski definition) is 2. The molecule has 6 heteroatoms. The molecule has 20 heavy (non-hydrogen) atoms. The number of hydrogen-bond donors (Lipinski definition) is 0. The van der Waals surface area contributed by atoms with Crippen LogP contribution in [0.2, 0.25) is 0 Å². The van der Waals surface area contributed by atoms with Crippen LogP contribution in [-0.4, -0.2) is 6.36 Å². The smallest absolute Gasteiger partial charge is 0.459 e. The van der Waals surface area contributed by atoms with Crippen LogP contribution in [0.25, 0.3) is 4.85 Å². The molecule has 0 bridgehead atoms. The van der Waals surface area contributed by atoms with Crippen LogP contribution >= 0.6 is 0 Å². The second kappa shape index (κ2) is 5.53. The molecule has 0 spiro atoms. The maximum Gasteiger partial charge on any atom is 0.573 e. The maximum absolute atomic E-state index is 12.1. The lowest BCUT2D eigenvalue weighted by atomic mass is 10.3. The Bertz CT molecular complexity index is 647. The van der Waals surface area contributed by atoms with Crippen molar-refractivity contribution in [3.63, 3.8) is 0 Å². The van der Waals surface area contributed by atoms with Gasteiger partial charge in [0.15, 0.2) is 5.69 Å². The SMILES string of the molecule is [C-]#[N+]c1cccc(Oc2cccc(OC(F)(F)F)c2)c1. The molecule has 0 aliphatic carbocycles. The Hall–Kier alpha value is -2.68. The summed E-state index contributed by atoms with van der Waals surface area (Å²) in [6, 6.07) is 11.5. The second-order valence-electron chi connectivity index (χ2n) is 3.73. The molecular weight excluding hydrogens is 271 g/mol. The van der Waals surface area contributed by atoms with E-state index < -0.39 is 6.36 Å². The van der Waals surface area contributed by atoms with Crippen molar-refractivity contribution in [2.75, 3.05) is 0 Å². The molecule has 2 aromatic rings. The Balaban J connectivity index is 2.17. The number of alkyl halides is 3. The highest BCUT2D eigenvalue weighted by Gasteiger charge is 2.31. The van der Waals surface area contributed by atoms with Crippen LogP contribution < -0.4 is 9.47 Å². The first-order chi connectivity index (χ1) is 9.46. The van der Waals surface area contributed by atoms with Gasteiger partial charge in [0.25, 0.3) is 0 Å². The van der Waals surface area contributed by atoms with Gasteiger partial charge in [0.1, 0.15) is 17.2 Å². The zero-order chi connectivity index (χ0) is 14.6. The highest BCUT2D eigenvalue weighted by molar-refractivity contribution is 5.50. The van der Waals surface area contributed by atoms with E-state index in [4.69, 9.17) is 11.3 Å². The molecule has 102 valence electrons. The van der Waals surface area contributed by atoms with Crippen molar-refractivity contribution in [3.05, 3.63) is 59.9 Å². The van der Waals surface area contributed by atoms with E-state index in [1.807, 2.05) is 0 Å². The predicted octanol–water partition coefficient (Wildman–Crippen LogP) is 4.93. The standard InChI is InChI=1S/C14H8F3NO2/c1-18-10-4-2-5-11(8-10)19-12-6-3-7-13(9-12)20-14(15,16)17/h2-9H. The zero-order valence-electron chi connectivity index (χ0n) is 10.0. The van der Waals surface area contributed by atoms with Crippen LogP contribution in [0.5, 0.6) is 17.2 Å². The van der Waals surface area contributed by atoms with Gasteiger partial charge in [-0.2, -0.15) is 0 Å². The van der Waals surface area contributed by atoms with Crippen LogP contribution in [-0.2, 0) is 0 Å². The molecule has 0 saturated heterocycles. The van der Waals surface area contributed by atoms with Gasteiger partial charge in [-0.25, -0.2) is 4.85 Å². The molecule has 0 fully saturated rings. The van der Waals surface area contributed by atoms with Crippen molar-refractivity contribution in [3.8, 4) is 17.2 Å². The fraction of sp³-hybridized carbons (Fsp3) is 0.0714. The minimum atomic E-state index is -4.75. The molecule has 3 nitrogen and oxygen atoms in total. The molecule has 0 unspecified atom stereocenters. The first-order valence-corrected chi connectivity index (χ1v) is 5.47. The molecule has 2 aromatic carbocycles. The van der Waals surface area contributed by atoms with Gasteiger partial charge in [0.2, 0.25) is 0 Å². The molecule has 0 aromatic heterocycles. The van der Waals surface area contributed by atoms with Crippen LogP contribution in [0.1, 0.15) is 0 Å². The van der Waals surface area contributed by atoms with Gasteiger partial charge < -0.3 is 9.47 Å². The van der Waals surface area contributed by atoms with Crippen molar-refractivity contribution in [1.82, 2.24) is 0 Å². The topological polar surface area (TPSA) is 22.8 Å². The average molecular weight is 279 g/mol. The van der Waals surface area contributed by atoms with E-state index in [1.54, 1.807) is 18.2 Å². The largest absolute Gasteiger partial charge is 0.573 e. The molecule has 0 aliphatic rings. The summed E-state index contributed by atoms with van der Waals surface area (Å²) in [5.41, 5.74) is 0.380. The van der Waals surface area contributed by atoms with Gasteiger partial charge in [0, 0.05) is 6.07 Å². The molecular formula is C14H8F3NO2. The fourth-order valence-electron chi connectivity index (χ4n) is 1.49. The Morgan fingerprint density at radius 1 is 0.900 bits per heavy atom. The van der Waals surface area contributed by atoms with E-state index in [9.17, 15) is 13.2 Å². The normalized spacial score (nSPS) is 10.7. The molecule has 0 radical (unpaired) electrons. The van der Waals surface area contributed by atoms with Crippen LogP contribution in [0.15, 0.2) is 48.5 Å². The Labute approximate surface area is 113 Å². The third-order valence-corrected chi connectivity index (χ3v) is 2.22. The van der Waals surface area contributed by atoms with E-state index in [0.717, 1.165) is 6.07 Å². The van der Waals surface area contributed by atoms with Crippen molar-refractivity contribution in [2.24, 2.45) is 0 Å². The summed E-state index contributed by atoms with van der Waals surface area (Å²) in [6.07, 6.45) is -4.75. The molecule has 0 amide bonds. The maximum atomic E-state index is 12.1. The van der Waals surface area contributed by atoms with Crippen LogP contribution in [0.4, 0.5) is 18.9 Å². The fourth-order valence-corrected chi connectivity index (χ4v) is 1.49. The summed E-state index contributed by atoms with van der Waals surface area (Å²) in [6.45, 7) is 6.88. The van der Waals surface area contributed by atoms with Crippen molar-refractivity contribution >= 4 is 5.69 Å². The van der Waals surface area contributed by atoms with Crippen molar-refractivity contribution in [2.45, 2.75) is 6.36 Å². The summed E-state index contributed by atoms with van der Waals surface area (Å²) >= 11 is 0. The van der Waals surface area contributed by atoms with Crippen molar-refractivity contribution in [1.29, 1.82) is 0 Å². The quantitative estimate of drug-likeness (QED) is 0.743. The minimum absolute atomic E-state index is 0.189. The van der Waals surface area contributed by atoms with E-state index in [2.05, 4.69) is 9.58 Å². The third-order valence-electron chi connectivity index (χ3n) is 2.22. The summed E-state index contributed by atoms with van der Waals surface area (Å²) in [5.74, 6) is 0.188. The molecule has 0 N–H and O–H groups in total. The second-order valence-corrected chi connectivity index (χ2v) is 3.73. The minimum Gasteiger partial charge on any atom is -0.459 e. The zero-order valence-corrected chi connectivity index (χ0v) is 10.0. The lowest BCUT2D eigenvalue weighted by molar-refractivity contribution is -0.274. The number of halogens is 3. The molecule has 0 saturated carbocycles. The molecule has 0 atom stereocenters. The lowest BCUT2D eigenvalue weighted by Gasteiger charge is -2.10. The number of rotatable bonds is 3. The monoisotopic (exact) mass is 279 g/mol. The van der Waals surface area contributed by atoms with Gasteiger partial charge >= 0.3 is 6.36 Å². The first kappa shape index (κ1) is 13.7. The number of nitrogens with zero attached hydrogens (tertiary/aromatic N) is 1. The summed E-state index contributed by atoms with van der Waals surface area (Å²) < 4.78 is 45.5. The van der Waals surface area contributed by atoms with E-state index >= 15 is 0 Å². The van der Waals surface area contributed by atoms with Gasteiger partial charge in [0.05, 0.1) is 6.57 Å². The Morgan fingerprint density at radius 3 is 2.15 bits per heavy atom. The molecule has 0 aliphatic heterocycles. The summed E-state index contributed by atoms with van der Waals surface area (Å²) in [4.78, 5) is 3.24. The van der Waals surface area contributed by atoms with Gasteiger partial charge in [-0.15, -0.1) is 13.2 Å².